The molecule has 4 rings (SSSR count). The molecule has 5 heteroatoms. The number of benzene rings is 1. The van der Waals surface area contributed by atoms with Crippen LogP contribution in [0, 0.1) is 6.92 Å². The molecule has 23 heavy (non-hydrogen) atoms. The predicted octanol–water partition coefficient (Wildman–Crippen LogP) is 4.15. The number of anilines is 1. The maximum atomic E-state index is 5.29. The van der Waals surface area contributed by atoms with Gasteiger partial charge in [-0.1, -0.05) is 29.8 Å². The highest BCUT2D eigenvalue weighted by Crippen LogP contribution is 2.41. The SMILES string of the molecule is CON(C)c1nc(-c2ccc(C)cc2)c2c3c(sc2n1)CCC3. The van der Waals surface area contributed by atoms with Gasteiger partial charge in [-0.3, -0.25) is 4.84 Å². The van der Waals surface area contributed by atoms with Crippen molar-refractivity contribution in [3.8, 4) is 11.3 Å². The average molecular weight is 325 g/mol. The first-order valence-electron chi connectivity index (χ1n) is 7.84. The molecule has 1 aliphatic rings. The van der Waals surface area contributed by atoms with Gasteiger partial charge in [0.15, 0.2) is 0 Å². The summed E-state index contributed by atoms with van der Waals surface area (Å²) in [7, 11) is 3.47. The topological polar surface area (TPSA) is 38.2 Å². The third-order valence-electron chi connectivity index (χ3n) is 4.43. The Bertz CT molecular complexity index is 870. The first-order chi connectivity index (χ1) is 11.2. The van der Waals surface area contributed by atoms with E-state index in [1.807, 2.05) is 18.4 Å². The monoisotopic (exact) mass is 325 g/mol. The van der Waals surface area contributed by atoms with Gasteiger partial charge in [-0.05, 0) is 31.7 Å². The maximum Gasteiger partial charge on any atom is 0.251 e. The van der Waals surface area contributed by atoms with Gasteiger partial charge in [0, 0.05) is 22.9 Å². The van der Waals surface area contributed by atoms with E-state index in [4.69, 9.17) is 14.8 Å². The maximum absolute atomic E-state index is 5.29. The third kappa shape index (κ3) is 2.40. The molecule has 0 spiro atoms. The second-order valence-corrected chi connectivity index (χ2v) is 7.04. The zero-order valence-corrected chi connectivity index (χ0v) is 14.4. The Hall–Kier alpha value is -1.98. The van der Waals surface area contributed by atoms with Gasteiger partial charge in [-0.25, -0.2) is 10.0 Å². The summed E-state index contributed by atoms with van der Waals surface area (Å²) < 4.78 is 0. The van der Waals surface area contributed by atoms with Crippen LogP contribution in [0.4, 0.5) is 5.95 Å². The summed E-state index contributed by atoms with van der Waals surface area (Å²) in [6.45, 7) is 2.10. The van der Waals surface area contributed by atoms with Crippen LogP contribution < -0.4 is 5.06 Å². The van der Waals surface area contributed by atoms with Crippen molar-refractivity contribution in [1.29, 1.82) is 0 Å². The lowest BCUT2D eigenvalue weighted by Gasteiger charge is -2.15. The summed E-state index contributed by atoms with van der Waals surface area (Å²) in [6, 6.07) is 8.56. The molecular formula is C18H19N3OS. The van der Waals surface area contributed by atoms with Crippen LogP contribution in [-0.4, -0.2) is 24.1 Å². The zero-order valence-electron chi connectivity index (χ0n) is 13.6. The van der Waals surface area contributed by atoms with Crippen molar-refractivity contribution in [2.75, 3.05) is 19.2 Å². The molecule has 0 bridgehead atoms. The van der Waals surface area contributed by atoms with E-state index in [9.17, 15) is 0 Å². The zero-order chi connectivity index (χ0) is 16.0. The molecular weight excluding hydrogens is 306 g/mol. The summed E-state index contributed by atoms with van der Waals surface area (Å²) in [4.78, 5) is 17.4. The highest BCUT2D eigenvalue weighted by atomic mass is 32.1. The van der Waals surface area contributed by atoms with E-state index in [0.717, 1.165) is 22.5 Å². The van der Waals surface area contributed by atoms with Crippen LogP contribution in [0.3, 0.4) is 0 Å². The lowest BCUT2D eigenvalue weighted by Crippen LogP contribution is -2.18. The van der Waals surface area contributed by atoms with Gasteiger partial charge in [-0.2, -0.15) is 4.98 Å². The number of hydrogen-bond acceptors (Lipinski definition) is 5. The number of fused-ring (bicyclic) bond motifs is 3. The van der Waals surface area contributed by atoms with Crippen LogP contribution in [0.1, 0.15) is 22.4 Å². The molecule has 0 N–H and O–H groups in total. The van der Waals surface area contributed by atoms with Crippen molar-refractivity contribution in [2.24, 2.45) is 0 Å². The van der Waals surface area contributed by atoms with Gasteiger partial charge in [0.05, 0.1) is 12.8 Å². The Kier molecular flexibility index (Phi) is 3.54. The van der Waals surface area contributed by atoms with Crippen molar-refractivity contribution < 1.29 is 4.84 Å². The molecule has 3 aromatic rings. The highest BCUT2D eigenvalue weighted by Gasteiger charge is 2.23. The molecule has 0 amide bonds. The molecule has 2 aromatic heterocycles. The smallest absolute Gasteiger partial charge is 0.251 e. The fraction of sp³-hybridized carbons (Fsp3) is 0.333. The highest BCUT2D eigenvalue weighted by molar-refractivity contribution is 7.19. The van der Waals surface area contributed by atoms with Crippen LogP contribution in [0.25, 0.3) is 21.5 Å². The molecule has 0 fully saturated rings. The van der Waals surface area contributed by atoms with Crippen LogP contribution >= 0.6 is 11.3 Å². The Morgan fingerprint density at radius 2 is 1.91 bits per heavy atom. The van der Waals surface area contributed by atoms with E-state index in [0.29, 0.717) is 5.95 Å². The molecule has 0 aliphatic heterocycles. The van der Waals surface area contributed by atoms with E-state index in [2.05, 4.69) is 31.2 Å². The average Bonchev–Trinajstić information content (AvgIpc) is 3.14. The number of nitrogens with zero attached hydrogens (tertiary/aromatic N) is 3. The quantitative estimate of drug-likeness (QED) is 0.678. The number of aromatic nitrogens is 2. The molecule has 0 saturated carbocycles. The Balaban J connectivity index is 2.00. The Labute approximate surface area is 139 Å². The van der Waals surface area contributed by atoms with Crippen LogP contribution in [-0.2, 0) is 17.7 Å². The van der Waals surface area contributed by atoms with Gasteiger partial charge in [-0.15, -0.1) is 11.3 Å². The second-order valence-electron chi connectivity index (χ2n) is 5.96. The minimum atomic E-state index is 0.607. The minimum absolute atomic E-state index is 0.607. The number of rotatable bonds is 3. The van der Waals surface area contributed by atoms with E-state index in [1.54, 1.807) is 12.2 Å². The molecule has 0 unspecified atom stereocenters. The summed E-state index contributed by atoms with van der Waals surface area (Å²) in [5.41, 5.74) is 4.87. The van der Waals surface area contributed by atoms with Crippen molar-refractivity contribution in [2.45, 2.75) is 26.2 Å². The predicted molar refractivity (Wildman–Crippen MR) is 95.0 cm³/mol. The van der Waals surface area contributed by atoms with E-state index in [1.165, 1.54) is 34.2 Å². The van der Waals surface area contributed by atoms with Gasteiger partial charge in [0.1, 0.15) is 4.83 Å². The number of aryl methyl sites for hydroxylation is 3. The van der Waals surface area contributed by atoms with Crippen LogP contribution in [0.5, 0.6) is 0 Å². The molecule has 4 nitrogen and oxygen atoms in total. The molecule has 2 heterocycles. The number of thiophene rings is 1. The van der Waals surface area contributed by atoms with Gasteiger partial charge < -0.3 is 0 Å². The van der Waals surface area contributed by atoms with Gasteiger partial charge >= 0.3 is 0 Å². The van der Waals surface area contributed by atoms with Crippen LogP contribution in [0.2, 0.25) is 0 Å². The second kappa shape index (κ2) is 5.58. The molecule has 0 atom stereocenters. The van der Waals surface area contributed by atoms with E-state index >= 15 is 0 Å². The molecule has 1 aliphatic carbocycles. The summed E-state index contributed by atoms with van der Waals surface area (Å²) in [5, 5.41) is 2.85. The lowest BCUT2D eigenvalue weighted by molar-refractivity contribution is 0.180. The first kappa shape index (κ1) is 14.6. The first-order valence-corrected chi connectivity index (χ1v) is 8.66. The number of hydrogen-bond donors (Lipinski definition) is 0. The Morgan fingerprint density at radius 3 is 2.65 bits per heavy atom. The molecule has 1 aromatic carbocycles. The fourth-order valence-corrected chi connectivity index (χ4v) is 4.38. The normalized spacial score (nSPS) is 13.5. The minimum Gasteiger partial charge on any atom is -0.274 e. The Morgan fingerprint density at radius 1 is 1.13 bits per heavy atom. The van der Waals surface area contributed by atoms with Crippen molar-refractivity contribution in [3.05, 3.63) is 40.3 Å². The van der Waals surface area contributed by atoms with Crippen molar-refractivity contribution >= 4 is 27.5 Å². The van der Waals surface area contributed by atoms with Crippen molar-refractivity contribution in [3.63, 3.8) is 0 Å². The van der Waals surface area contributed by atoms with Gasteiger partial charge in [0.25, 0.3) is 5.95 Å². The summed E-state index contributed by atoms with van der Waals surface area (Å²) >= 11 is 1.81. The summed E-state index contributed by atoms with van der Waals surface area (Å²) in [5.74, 6) is 0.607. The van der Waals surface area contributed by atoms with Crippen LogP contribution in [0.15, 0.2) is 24.3 Å². The molecule has 0 saturated heterocycles. The molecule has 118 valence electrons. The third-order valence-corrected chi connectivity index (χ3v) is 5.62. The summed E-state index contributed by atoms with van der Waals surface area (Å²) in [6.07, 6.45) is 3.54. The standard InChI is InChI=1S/C18H19N3OS/c1-11-7-9-12(10-8-11)16-15-13-5-4-6-14(13)23-17(15)20-18(19-16)21(2)22-3/h7-10H,4-6H2,1-3H3. The van der Waals surface area contributed by atoms with E-state index < -0.39 is 0 Å². The fourth-order valence-electron chi connectivity index (χ4n) is 3.13. The number of hydroxylamine groups is 1. The van der Waals surface area contributed by atoms with E-state index in [-0.39, 0.29) is 0 Å². The lowest BCUT2D eigenvalue weighted by atomic mass is 10.0. The van der Waals surface area contributed by atoms with Crippen molar-refractivity contribution in [1.82, 2.24) is 9.97 Å². The van der Waals surface area contributed by atoms with Gasteiger partial charge in [0.2, 0.25) is 0 Å². The molecule has 0 radical (unpaired) electrons. The largest absolute Gasteiger partial charge is 0.274 e.